The molecule has 29 heavy (non-hydrogen) atoms. The summed E-state index contributed by atoms with van der Waals surface area (Å²) in [6, 6.07) is 8.96. The van der Waals surface area contributed by atoms with Gasteiger partial charge in [-0.2, -0.15) is 0 Å². The number of aromatic nitrogens is 4. The number of thioether (sulfide) groups is 1. The van der Waals surface area contributed by atoms with Gasteiger partial charge in [-0.25, -0.2) is 4.98 Å². The first-order valence-electron chi connectivity index (χ1n) is 9.73. The minimum Gasteiger partial charge on any atom is -0.326 e. The Hall–Kier alpha value is -2.74. The molecule has 2 aromatic heterocycles. The van der Waals surface area contributed by atoms with Crippen LogP contribution in [0.5, 0.6) is 0 Å². The number of nitrogens with one attached hydrogen (secondary N) is 1. The Morgan fingerprint density at radius 2 is 1.86 bits per heavy atom. The van der Waals surface area contributed by atoms with E-state index in [1.54, 1.807) is 24.3 Å². The van der Waals surface area contributed by atoms with E-state index in [4.69, 9.17) is 0 Å². The summed E-state index contributed by atoms with van der Waals surface area (Å²) in [4.78, 5) is 28.8. The summed E-state index contributed by atoms with van der Waals surface area (Å²) in [6.07, 6.45) is 3.55. The van der Waals surface area contributed by atoms with Crippen LogP contribution < -0.4 is 5.32 Å². The van der Waals surface area contributed by atoms with E-state index in [0.29, 0.717) is 28.6 Å². The number of rotatable bonds is 9. The first-order chi connectivity index (χ1) is 14.0. The van der Waals surface area contributed by atoms with Gasteiger partial charge >= 0.3 is 0 Å². The van der Waals surface area contributed by atoms with Crippen LogP contribution in [0.3, 0.4) is 0 Å². The van der Waals surface area contributed by atoms with Crippen molar-refractivity contribution in [3.05, 3.63) is 47.3 Å². The van der Waals surface area contributed by atoms with Crippen molar-refractivity contribution in [2.45, 2.75) is 51.6 Å². The van der Waals surface area contributed by atoms with Crippen molar-refractivity contribution in [2.24, 2.45) is 0 Å². The lowest BCUT2D eigenvalue weighted by Gasteiger charge is -2.07. The van der Waals surface area contributed by atoms with Gasteiger partial charge in [0, 0.05) is 29.1 Å². The zero-order chi connectivity index (χ0) is 20.8. The molecule has 2 heterocycles. The third-order valence-corrected chi connectivity index (χ3v) is 5.42. The number of hydrogen-bond donors (Lipinski definition) is 1. The number of amides is 1. The minimum absolute atomic E-state index is 0.00554. The van der Waals surface area contributed by atoms with Crippen LogP contribution in [0.4, 0.5) is 5.69 Å². The Morgan fingerprint density at radius 3 is 2.59 bits per heavy atom. The van der Waals surface area contributed by atoms with E-state index in [9.17, 15) is 9.59 Å². The van der Waals surface area contributed by atoms with Crippen LogP contribution in [0, 0.1) is 13.8 Å². The summed E-state index contributed by atoms with van der Waals surface area (Å²) in [5, 5.41) is 11.8. The Balaban J connectivity index is 1.58. The number of hydrogen-bond acceptors (Lipinski definition) is 6. The number of ketones is 1. The lowest BCUT2D eigenvalue weighted by molar-refractivity contribution is -0.116. The smallest absolute Gasteiger partial charge is 0.256 e. The third kappa shape index (κ3) is 5.41. The Morgan fingerprint density at radius 1 is 1.10 bits per heavy atom. The number of anilines is 1. The Labute approximate surface area is 174 Å². The normalized spacial score (nSPS) is 11.0. The zero-order valence-corrected chi connectivity index (χ0v) is 17.8. The quantitative estimate of drug-likeness (QED) is 0.322. The van der Waals surface area contributed by atoms with Gasteiger partial charge in [-0.1, -0.05) is 31.5 Å². The topological polar surface area (TPSA) is 89.2 Å². The first-order valence-corrected chi connectivity index (χ1v) is 10.7. The molecule has 0 radical (unpaired) electrons. The van der Waals surface area contributed by atoms with Crippen molar-refractivity contribution in [1.29, 1.82) is 0 Å². The molecule has 0 unspecified atom stereocenters. The average molecular weight is 412 g/mol. The van der Waals surface area contributed by atoms with Gasteiger partial charge in [0.05, 0.1) is 5.75 Å². The Kier molecular flexibility index (Phi) is 6.98. The van der Waals surface area contributed by atoms with E-state index in [1.165, 1.54) is 11.8 Å². The molecule has 7 nitrogen and oxygen atoms in total. The molecule has 1 aromatic carbocycles. The van der Waals surface area contributed by atoms with Gasteiger partial charge in [0.1, 0.15) is 0 Å². The first kappa shape index (κ1) is 21.0. The Bertz CT molecular complexity index is 1010. The van der Waals surface area contributed by atoms with Crippen LogP contribution >= 0.6 is 11.8 Å². The van der Waals surface area contributed by atoms with E-state index in [0.717, 1.165) is 30.7 Å². The lowest BCUT2D eigenvalue weighted by Crippen LogP contribution is -2.11. The monoisotopic (exact) mass is 411 g/mol. The van der Waals surface area contributed by atoms with Crippen molar-refractivity contribution < 1.29 is 9.59 Å². The highest BCUT2D eigenvalue weighted by atomic mass is 32.2. The van der Waals surface area contributed by atoms with Gasteiger partial charge in [-0.05, 0) is 50.6 Å². The molecule has 0 saturated heterocycles. The van der Waals surface area contributed by atoms with Crippen molar-refractivity contribution >= 4 is 34.9 Å². The molecule has 0 aliphatic heterocycles. The van der Waals surface area contributed by atoms with Gasteiger partial charge in [0.25, 0.3) is 5.78 Å². The molecule has 1 N–H and O–H groups in total. The fraction of sp³-hybridized carbons (Fsp3) is 0.381. The van der Waals surface area contributed by atoms with Gasteiger partial charge < -0.3 is 5.32 Å². The van der Waals surface area contributed by atoms with E-state index >= 15 is 0 Å². The molecule has 0 bridgehead atoms. The molecule has 0 saturated carbocycles. The number of fused-ring (bicyclic) bond motifs is 1. The summed E-state index contributed by atoms with van der Waals surface area (Å²) in [5.41, 5.74) is 3.16. The largest absolute Gasteiger partial charge is 0.326 e. The number of aryl methyl sites for hydroxylation is 2. The van der Waals surface area contributed by atoms with Gasteiger partial charge in [-0.3, -0.25) is 14.0 Å². The van der Waals surface area contributed by atoms with Gasteiger partial charge in [0.15, 0.2) is 10.9 Å². The second kappa shape index (κ2) is 9.65. The standard InChI is InChI=1S/C21H25N5O2S/c1-4-5-6-7-19(28)23-17-10-8-16(9-11-17)18(27)13-29-21-25-24-20-22-14(2)12-15(3)26(20)21/h8-12H,4-7,13H2,1-3H3,(H,23,28). The molecule has 0 aliphatic rings. The lowest BCUT2D eigenvalue weighted by atomic mass is 10.1. The van der Waals surface area contributed by atoms with Gasteiger partial charge in [-0.15, -0.1) is 10.2 Å². The fourth-order valence-corrected chi connectivity index (χ4v) is 3.89. The van der Waals surface area contributed by atoms with Crippen molar-refractivity contribution in [2.75, 3.05) is 11.1 Å². The van der Waals surface area contributed by atoms with E-state index in [2.05, 4.69) is 27.4 Å². The predicted octanol–water partition coefficient (Wildman–Crippen LogP) is 4.23. The van der Waals surface area contributed by atoms with Crippen LogP contribution in [0.15, 0.2) is 35.5 Å². The predicted molar refractivity (Wildman–Crippen MR) is 115 cm³/mol. The molecule has 8 heteroatoms. The molecule has 1 amide bonds. The summed E-state index contributed by atoms with van der Waals surface area (Å²) in [7, 11) is 0. The van der Waals surface area contributed by atoms with Crippen LogP contribution in [0.25, 0.3) is 5.78 Å². The highest BCUT2D eigenvalue weighted by Gasteiger charge is 2.13. The summed E-state index contributed by atoms with van der Waals surface area (Å²) in [6.45, 7) is 5.98. The number of benzene rings is 1. The van der Waals surface area contributed by atoms with Gasteiger partial charge in [0.2, 0.25) is 5.91 Å². The molecule has 3 rings (SSSR count). The van der Waals surface area contributed by atoms with Crippen molar-refractivity contribution in [3.8, 4) is 0 Å². The van der Waals surface area contributed by atoms with E-state index < -0.39 is 0 Å². The number of unbranched alkanes of at least 4 members (excludes halogenated alkanes) is 2. The highest BCUT2D eigenvalue weighted by Crippen LogP contribution is 2.20. The maximum absolute atomic E-state index is 12.5. The summed E-state index contributed by atoms with van der Waals surface area (Å²) < 4.78 is 1.85. The van der Waals surface area contributed by atoms with Crippen LogP contribution in [-0.2, 0) is 4.79 Å². The maximum atomic E-state index is 12.5. The van der Waals surface area contributed by atoms with Crippen LogP contribution in [0.2, 0.25) is 0 Å². The second-order valence-corrected chi connectivity index (χ2v) is 7.89. The maximum Gasteiger partial charge on any atom is 0.256 e. The molecule has 152 valence electrons. The zero-order valence-electron chi connectivity index (χ0n) is 16.9. The number of Topliss-reactive ketones (excluding diaryl/α,β-unsaturated/α-hetero) is 1. The second-order valence-electron chi connectivity index (χ2n) is 6.95. The molecule has 0 atom stereocenters. The third-order valence-electron chi connectivity index (χ3n) is 4.49. The fourth-order valence-electron chi connectivity index (χ4n) is 3.01. The molecular weight excluding hydrogens is 386 g/mol. The van der Waals surface area contributed by atoms with Crippen LogP contribution in [0.1, 0.15) is 54.4 Å². The highest BCUT2D eigenvalue weighted by molar-refractivity contribution is 7.99. The summed E-state index contributed by atoms with van der Waals surface area (Å²) >= 11 is 1.34. The SMILES string of the molecule is CCCCCC(=O)Nc1ccc(C(=O)CSc2nnc3nc(C)cc(C)n23)cc1. The van der Waals surface area contributed by atoms with Crippen molar-refractivity contribution in [3.63, 3.8) is 0 Å². The number of nitrogens with zero attached hydrogens (tertiary/aromatic N) is 4. The summed E-state index contributed by atoms with van der Waals surface area (Å²) in [5.74, 6) is 0.782. The number of carbonyl (C=O) groups excluding carboxylic acids is 2. The molecular formula is C21H25N5O2S. The molecule has 0 aliphatic carbocycles. The molecule has 0 spiro atoms. The van der Waals surface area contributed by atoms with Crippen molar-refractivity contribution in [1.82, 2.24) is 19.6 Å². The van der Waals surface area contributed by atoms with Crippen LogP contribution in [-0.4, -0.2) is 37.0 Å². The molecule has 3 aromatic rings. The van der Waals surface area contributed by atoms with E-state index in [1.807, 2.05) is 24.3 Å². The minimum atomic E-state index is -0.00898. The van der Waals surface area contributed by atoms with E-state index in [-0.39, 0.29) is 17.4 Å². The average Bonchev–Trinajstić information content (AvgIpc) is 3.10. The number of carbonyl (C=O) groups is 2. The molecule has 0 fully saturated rings.